The fourth-order valence-electron chi connectivity index (χ4n) is 3.18. The molecule has 0 radical (unpaired) electrons. The number of hydrogen-bond donors (Lipinski definition) is 1. The van der Waals surface area contributed by atoms with Gasteiger partial charge in [0.2, 0.25) is 0 Å². The summed E-state index contributed by atoms with van der Waals surface area (Å²) in [7, 11) is 1.45. The third-order valence-electron chi connectivity index (χ3n) is 4.57. The highest BCUT2D eigenvalue weighted by Crippen LogP contribution is 2.36. The Morgan fingerprint density at radius 2 is 2.00 bits per heavy atom. The number of likely N-dealkylation sites (tertiary alicyclic amines) is 1. The van der Waals surface area contributed by atoms with Crippen molar-refractivity contribution in [1.82, 2.24) is 4.90 Å². The summed E-state index contributed by atoms with van der Waals surface area (Å²) in [6, 6.07) is 4.56. The van der Waals surface area contributed by atoms with Gasteiger partial charge < -0.3 is 14.7 Å². The van der Waals surface area contributed by atoms with Crippen LogP contribution in [0.25, 0.3) is 0 Å². The zero-order chi connectivity index (χ0) is 18.7. The molecule has 1 aliphatic rings. The summed E-state index contributed by atoms with van der Waals surface area (Å²) in [6.07, 6.45) is -3.68. The summed E-state index contributed by atoms with van der Waals surface area (Å²) in [5.74, 6) is -1.86. The predicted octanol–water partition coefficient (Wildman–Crippen LogP) is 3.05. The summed E-state index contributed by atoms with van der Waals surface area (Å²) in [5, 5.41) is 9.60. The lowest BCUT2D eigenvalue weighted by Crippen LogP contribution is -2.50. The molecular formula is C17H20F3NO4. The molecule has 0 saturated carbocycles. The van der Waals surface area contributed by atoms with Gasteiger partial charge in [-0.25, -0.2) is 0 Å². The highest BCUT2D eigenvalue weighted by molar-refractivity contribution is 5.96. The van der Waals surface area contributed by atoms with Crippen LogP contribution in [0.15, 0.2) is 24.3 Å². The van der Waals surface area contributed by atoms with Gasteiger partial charge >= 0.3 is 12.1 Å². The molecule has 1 amide bonds. The number of carbonyl (C=O) groups excluding carboxylic acids is 1. The van der Waals surface area contributed by atoms with E-state index in [9.17, 15) is 27.9 Å². The van der Waals surface area contributed by atoms with Crippen molar-refractivity contribution in [3.63, 3.8) is 0 Å². The molecule has 5 nitrogen and oxygen atoms in total. The minimum absolute atomic E-state index is 0.128. The van der Waals surface area contributed by atoms with Crippen LogP contribution in [-0.2, 0) is 15.7 Å². The van der Waals surface area contributed by atoms with Crippen LogP contribution >= 0.6 is 0 Å². The third-order valence-corrected chi connectivity index (χ3v) is 4.57. The predicted molar refractivity (Wildman–Crippen MR) is 83.1 cm³/mol. The molecule has 0 aliphatic carbocycles. The largest absolute Gasteiger partial charge is 0.481 e. The zero-order valence-corrected chi connectivity index (χ0v) is 13.8. The van der Waals surface area contributed by atoms with Gasteiger partial charge in [0.1, 0.15) is 0 Å². The number of carboxylic acid groups (broad SMARTS) is 1. The molecule has 8 heteroatoms. The van der Waals surface area contributed by atoms with Crippen LogP contribution < -0.4 is 0 Å². The van der Waals surface area contributed by atoms with Crippen molar-refractivity contribution in [3.05, 3.63) is 35.4 Å². The van der Waals surface area contributed by atoms with Crippen molar-refractivity contribution in [2.75, 3.05) is 26.8 Å². The van der Waals surface area contributed by atoms with E-state index >= 15 is 0 Å². The van der Waals surface area contributed by atoms with Gasteiger partial charge in [0.15, 0.2) is 0 Å². The second-order valence-electron chi connectivity index (χ2n) is 6.20. The van der Waals surface area contributed by atoms with Crippen LogP contribution in [0.4, 0.5) is 13.2 Å². The number of aliphatic carboxylic acids is 1. The quantitative estimate of drug-likeness (QED) is 0.878. The smallest absolute Gasteiger partial charge is 0.417 e. The van der Waals surface area contributed by atoms with Crippen molar-refractivity contribution in [2.24, 2.45) is 5.41 Å². The lowest BCUT2D eigenvalue weighted by Gasteiger charge is -2.40. The topological polar surface area (TPSA) is 66.8 Å². The van der Waals surface area contributed by atoms with Gasteiger partial charge in [0, 0.05) is 26.8 Å². The van der Waals surface area contributed by atoms with E-state index in [1.807, 2.05) is 0 Å². The number of alkyl halides is 3. The second kappa shape index (κ2) is 7.43. The summed E-state index contributed by atoms with van der Waals surface area (Å²) < 4.78 is 44.4. The third kappa shape index (κ3) is 4.12. The first-order chi connectivity index (χ1) is 11.7. The monoisotopic (exact) mass is 359 g/mol. The van der Waals surface area contributed by atoms with Gasteiger partial charge in [-0.05, 0) is 31.4 Å². The second-order valence-corrected chi connectivity index (χ2v) is 6.20. The van der Waals surface area contributed by atoms with E-state index in [1.165, 1.54) is 24.1 Å². The first kappa shape index (κ1) is 19.2. The Morgan fingerprint density at radius 3 is 2.60 bits per heavy atom. The minimum atomic E-state index is -4.65. The molecule has 1 aromatic rings. The summed E-state index contributed by atoms with van der Waals surface area (Å²) in [5.41, 5.74) is -2.66. The summed E-state index contributed by atoms with van der Waals surface area (Å²) in [6.45, 7) is 0.303. The van der Waals surface area contributed by atoms with Gasteiger partial charge in [-0.2, -0.15) is 13.2 Å². The van der Waals surface area contributed by atoms with Crippen LogP contribution in [0.5, 0.6) is 0 Å². The van der Waals surface area contributed by atoms with E-state index in [2.05, 4.69) is 0 Å². The Balaban J connectivity index is 2.30. The number of hydrogen-bond acceptors (Lipinski definition) is 3. The maximum absolute atomic E-state index is 13.1. The Bertz CT molecular complexity index is 647. The van der Waals surface area contributed by atoms with Crippen LogP contribution in [-0.4, -0.2) is 48.7 Å². The van der Waals surface area contributed by atoms with Crippen LogP contribution in [0.1, 0.15) is 35.2 Å². The zero-order valence-electron chi connectivity index (χ0n) is 13.8. The Labute approximate surface area is 143 Å². The normalized spacial score (nSPS) is 21.2. The molecular weight excluding hydrogens is 339 g/mol. The highest BCUT2D eigenvalue weighted by atomic mass is 19.4. The number of rotatable bonds is 5. The lowest BCUT2D eigenvalue weighted by molar-refractivity contribution is -0.153. The lowest BCUT2D eigenvalue weighted by atomic mass is 9.77. The molecule has 138 valence electrons. The van der Waals surface area contributed by atoms with E-state index in [0.717, 1.165) is 12.1 Å². The van der Waals surface area contributed by atoms with E-state index < -0.39 is 34.6 Å². The van der Waals surface area contributed by atoms with Crippen molar-refractivity contribution < 1.29 is 32.6 Å². The fourth-order valence-corrected chi connectivity index (χ4v) is 3.18. The van der Waals surface area contributed by atoms with Gasteiger partial charge in [0.05, 0.1) is 16.5 Å². The SMILES string of the molecule is COCC[C@@]1(C(=O)O)CCCN(C(=O)c2ccccc2C(F)(F)F)C1. The van der Waals surface area contributed by atoms with E-state index in [1.54, 1.807) is 0 Å². The molecule has 0 spiro atoms. The Kier molecular flexibility index (Phi) is 5.72. The molecule has 1 fully saturated rings. The standard InChI is InChI=1S/C17H20F3NO4/c1-25-10-8-16(15(23)24)7-4-9-21(11-16)14(22)12-5-2-3-6-13(12)17(18,19)20/h2-3,5-6H,4,7-11H2,1H3,(H,23,24)/t16-/m0/s1. The van der Waals surface area contributed by atoms with Crippen LogP contribution in [0, 0.1) is 5.41 Å². The van der Waals surface area contributed by atoms with Crippen molar-refractivity contribution in [3.8, 4) is 0 Å². The van der Waals surface area contributed by atoms with Gasteiger partial charge in [-0.3, -0.25) is 9.59 Å². The number of halogens is 3. The first-order valence-electron chi connectivity index (χ1n) is 7.89. The molecule has 1 aliphatic heterocycles. The van der Waals surface area contributed by atoms with Crippen molar-refractivity contribution in [1.29, 1.82) is 0 Å². The maximum Gasteiger partial charge on any atom is 0.417 e. The summed E-state index contributed by atoms with van der Waals surface area (Å²) >= 11 is 0. The van der Waals surface area contributed by atoms with Gasteiger partial charge in [-0.15, -0.1) is 0 Å². The molecule has 1 atom stereocenters. The van der Waals surface area contributed by atoms with E-state index in [4.69, 9.17) is 4.74 Å². The van der Waals surface area contributed by atoms with Crippen molar-refractivity contribution >= 4 is 11.9 Å². The molecule has 0 unspecified atom stereocenters. The van der Waals surface area contributed by atoms with Gasteiger partial charge in [0.25, 0.3) is 5.91 Å². The molecule has 1 heterocycles. The average molecular weight is 359 g/mol. The minimum Gasteiger partial charge on any atom is -0.481 e. The molecule has 2 rings (SSSR count). The molecule has 1 N–H and O–H groups in total. The van der Waals surface area contributed by atoms with Gasteiger partial charge in [-0.1, -0.05) is 12.1 Å². The number of benzene rings is 1. The molecule has 25 heavy (non-hydrogen) atoms. The number of methoxy groups -OCH3 is 1. The first-order valence-corrected chi connectivity index (χ1v) is 7.89. The van der Waals surface area contributed by atoms with Crippen LogP contribution in [0.3, 0.4) is 0 Å². The Hall–Kier alpha value is -2.09. The number of piperidine rings is 1. The van der Waals surface area contributed by atoms with Crippen molar-refractivity contribution in [2.45, 2.75) is 25.4 Å². The number of carboxylic acids is 1. The number of amides is 1. The average Bonchev–Trinajstić information content (AvgIpc) is 2.58. The number of carbonyl (C=O) groups is 2. The summed E-state index contributed by atoms with van der Waals surface area (Å²) in [4.78, 5) is 25.6. The molecule has 1 aromatic carbocycles. The van der Waals surface area contributed by atoms with Crippen LogP contribution in [0.2, 0.25) is 0 Å². The fraction of sp³-hybridized carbons (Fsp3) is 0.529. The molecule has 0 aromatic heterocycles. The van der Waals surface area contributed by atoms with E-state index in [0.29, 0.717) is 12.8 Å². The molecule has 1 saturated heterocycles. The number of nitrogens with zero attached hydrogens (tertiary/aromatic N) is 1. The number of ether oxygens (including phenoxy) is 1. The Morgan fingerprint density at radius 1 is 1.32 bits per heavy atom. The highest BCUT2D eigenvalue weighted by Gasteiger charge is 2.44. The molecule has 0 bridgehead atoms. The van der Waals surface area contributed by atoms with E-state index in [-0.39, 0.29) is 26.1 Å². The maximum atomic E-state index is 13.1.